The zero-order valence-electron chi connectivity index (χ0n) is 12.3. The molecule has 0 bridgehead atoms. The Labute approximate surface area is 134 Å². The fourth-order valence-electron chi connectivity index (χ4n) is 2.62. The van der Waals surface area contributed by atoms with Gasteiger partial charge in [0.2, 0.25) is 0 Å². The molecule has 0 spiro atoms. The SMILES string of the molecule is C[C@@H](NC(=O)c1cc(-c2ccccc2Cl)n[nH]1)[C@H]1CCCO1. The number of halogens is 1. The summed E-state index contributed by atoms with van der Waals surface area (Å²) < 4.78 is 5.58. The number of amides is 1. The van der Waals surface area contributed by atoms with E-state index in [0.717, 1.165) is 25.0 Å². The minimum atomic E-state index is -0.186. The molecule has 3 rings (SSSR count). The van der Waals surface area contributed by atoms with Gasteiger partial charge in [-0.3, -0.25) is 9.89 Å². The highest BCUT2D eigenvalue weighted by molar-refractivity contribution is 6.33. The van der Waals surface area contributed by atoms with Gasteiger partial charge in [-0.05, 0) is 31.9 Å². The molecule has 116 valence electrons. The van der Waals surface area contributed by atoms with E-state index in [0.29, 0.717) is 16.4 Å². The second kappa shape index (κ2) is 6.50. The molecule has 0 unspecified atom stereocenters. The molecule has 1 aromatic heterocycles. The number of benzene rings is 1. The zero-order chi connectivity index (χ0) is 15.5. The van der Waals surface area contributed by atoms with Crippen LogP contribution in [0.1, 0.15) is 30.3 Å². The van der Waals surface area contributed by atoms with E-state index in [1.807, 2.05) is 25.1 Å². The molecule has 2 N–H and O–H groups in total. The number of hydrogen-bond donors (Lipinski definition) is 2. The minimum absolute atomic E-state index is 0.0259. The van der Waals surface area contributed by atoms with Gasteiger partial charge in [0.1, 0.15) is 5.69 Å². The number of H-pyrrole nitrogens is 1. The molecular weight excluding hydrogens is 302 g/mol. The molecule has 5 nitrogen and oxygen atoms in total. The largest absolute Gasteiger partial charge is 0.376 e. The van der Waals surface area contributed by atoms with Crippen LogP contribution in [-0.4, -0.2) is 34.9 Å². The second-order valence-corrected chi connectivity index (χ2v) is 5.87. The van der Waals surface area contributed by atoms with Crippen LogP contribution in [0.3, 0.4) is 0 Å². The van der Waals surface area contributed by atoms with Gasteiger partial charge >= 0.3 is 0 Å². The number of carbonyl (C=O) groups is 1. The zero-order valence-corrected chi connectivity index (χ0v) is 13.1. The molecule has 1 aliphatic rings. The first-order valence-corrected chi connectivity index (χ1v) is 7.75. The monoisotopic (exact) mass is 319 g/mol. The van der Waals surface area contributed by atoms with Crippen LogP contribution >= 0.6 is 11.6 Å². The van der Waals surface area contributed by atoms with Crippen LogP contribution in [0.15, 0.2) is 30.3 Å². The van der Waals surface area contributed by atoms with Crippen molar-refractivity contribution >= 4 is 17.5 Å². The van der Waals surface area contributed by atoms with Crippen LogP contribution in [0, 0.1) is 0 Å². The Morgan fingerprint density at radius 1 is 1.50 bits per heavy atom. The molecule has 6 heteroatoms. The fraction of sp³-hybridized carbons (Fsp3) is 0.375. The van der Waals surface area contributed by atoms with E-state index in [2.05, 4.69) is 15.5 Å². The summed E-state index contributed by atoms with van der Waals surface area (Å²) in [6, 6.07) is 9.09. The number of rotatable bonds is 4. The van der Waals surface area contributed by atoms with Crippen LogP contribution in [0.2, 0.25) is 5.02 Å². The van der Waals surface area contributed by atoms with Crippen molar-refractivity contribution in [1.29, 1.82) is 0 Å². The van der Waals surface area contributed by atoms with Crippen LogP contribution in [-0.2, 0) is 4.74 Å². The maximum absolute atomic E-state index is 12.3. The Balaban J connectivity index is 1.70. The highest BCUT2D eigenvalue weighted by atomic mass is 35.5. The van der Waals surface area contributed by atoms with E-state index in [1.54, 1.807) is 12.1 Å². The van der Waals surface area contributed by atoms with E-state index >= 15 is 0 Å². The lowest BCUT2D eigenvalue weighted by atomic mass is 10.1. The van der Waals surface area contributed by atoms with Gasteiger partial charge in [0.15, 0.2) is 0 Å². The summed E-state index contributed by atoms with van der Waals surface area (Å²) in [4.78, 5) is 12.3. The molecule has 1 amide bonds. The third-order valence-electron chi connectivity index (χ3n) is 3.85. The van der Waals surface area contributed by atoms with Crippen LogP contribution in [0.4, 0.5) is 0 Å². The third kappa shape index (κ3) is 3.15. The van der Waals surface area contributed by atoms with E-state index < -0.39 is 0 Å². The Hall–Kier alpha value is -1.85. The molecule has 2 aromatic rings. The molecule has 0 radical (unpaired) electrons. The summed E-state index contributed by atoms with van der Waals surface area (Å²) >= 11 is 6.15. The number of nitrogens with one attached hydrogen (secondary N) is 2. The van der Waals surface area contributed by atoms with E-state index in [9.17, 15) is 4.79 Å². The highest BCUT2D eigenvalue weighted by Gasteiger charge is 2.24. The lowest BCUT2D eigenvalue weighted by Crippen LogP contribution is -2.40. The van der Waals surface area contributed by atoms with Gasteiger partial charge in [0, 0.05) is 12.2 Å². The second-order valence-electron chi connectivity index (χ2n) is 5.46. The first-order chi connectivity index (χ1) is 10.6. The number of nitrogens with zero attached hydrogens (tertiary/aromatic N) is 1. The van der Waals surface area contributed by atoms with Crippen molar-refractivity contribution in [3.63, 3.8) is 0 Å². The number of aromatic nitrogens is 2. The van der Waals surface area contributed by atoms with Crippen molar-refractivity contribution in [2.24, 2.45) is 0 Å². The average molecular weight is 320 g/mol. The van der Waals surface area contributed by atoms with Crippen molar-refractivity contribution in [2.45, 2.75) is 31.9 Å². The van der Waals surface area contributed by atoms with Gasteiger partial charge in [-0.25, -0.2) is 0 Å². The number of ether oxygens (including phenoxy) is 1. The standard InChI is InChI=1S/C16H18ClN3O2/c1-10(15-7-4-8-22-15)18-16(21)14-9-13(19-20-14)11-5-2-3-6-12(11)17/h2-3,5-6,9-10,15H,4,7-8H2,1H3,(H,18,21)(H,19,20)/t10-,15-/m1/s1. The van der Waals surface area contributed by atoms with Gasteiger partial charge in [0.25, 0.3) is 5.91 Å². The average Bonchev–Trinajstić information content (AvgIpc) is 3.19. The summed E-state index contributed by atoms with van der Waals surface area (Å²) in [7, 11) is 0. The highest BCUT2D eigenvalue weighted by Crippen LogP contribution is 2.26. The van der Waals surface area contributed by atoms with Gasteiger partial charge < -0.3 is 10.1 Å². The Morgan fingerprint density at radius 3 is 3.05 bits per heavy atom. The maximum Gasteiger partial charge on any atom is 0.269 e. The number of carbonyl (C=O) groups excluding carboxylic acids is 1. The van der Waals surface area contributed by atoms with Crippen molar-refractivity contribution in [1.82, 2.24) is 15.5 Å². The molecule has 2 heterocycles. The van der Waals surface area contributed by atoms with Crippen molar-refractivity contribution in [3.05, 3.63) is 41.0 Å². The molecule has 0 saturated carbocycles. The van der Waals surface area contributed by atoms with E-state index in [-0.39, 0.29) is 18.1 Å². The smallest absolute Gasteiger partial charge is 0.269 e. The molecule has 2 atom stereocenters. The summed E-state index contributed by atoms with van der Waals surface area (Å²) in [5.41, 5.74) is 1.87. The summed E-state index contributed by atoms with van der Waals surface area (Å²) in [5, 5.41) is 10.5. The van der Waals surface area contributed by atoms with Crippen LogP contribution in [0.25, 0.3) is 11.3 Å². The molecule has 0 aliphatic carbocycles. The molecule has 1 saturated heterocycles. The van der Waals surface area contributed by atoms with E-state index in [4.69, 9.17) is 16.3 Å². The summed E-state index contributed by atoms with van der Waals surface area (Å²) in [5.74, 6) is -0.186. The lowest BCUT2D eigenvalue weighted by Gasteiger charge is -2.19. The normalized spacial score (nSPS) is 19.1. The van der Waals surface area contributed by atoms with Crippen molar-refractivity contribution < 1.29 is 9.53 Å². The number of hydrogen-bond acceptors (Lipinski definition) is 3. The van der Waals surface area contributed by atoms with Crippen LogP contribution in [0.5, 0.6) is 0 Å². The van der Waals surface area contributed by atoms with Crippen molar-refractivity contribution in [3.8, 4) is 11.3 Å². The van der Waals surface area contributed by atoms with Gasteiger partial charge in [-0.1, -0.05) is 29.8 Å². The van der Waals surface area contributed by atoms with Gasteiger partial charge in [0.05, 0.1) is 22.9 Å². The Bertz CT molecular complexity index is 665. The quantitative estimate of drug-likeness (QED) is 0.910. The molecule has 1 fully saturated rings. The van der Waals surface area contributed by atoms with Gasteiger partial charge in [-0.15, -0.1) is 0 Å². The van der Waals surface area contributed by atoms with Crippen molar-refractivity contribution in [2.75, 3.05) is 6.61 Å². The molecule has 22 heavy (non-hydrogen) atoms. The minimum Gasteiger partial charge on any atom is -0.376 e. The predicted octanol–water partition coefficient (Wildman–Crippen LogP) is 3.03. The topological polar surface area (TPSA) is 67.0 Å². The third-order valence-corrected chi connectivity index (χ3v) is 4.18. The van der Waals surface area contributed by atoms with Gasteiger partial charge in [-0.2, -0.15) is 5.10 Å². The first-order valence-electron chi connectivity index (χ1n) is 7.38. The summed E-state index contributed by atoms with van der Waals surface area (Å²) in [6.45, 7) is 2.73. The van der Waals surface area contributed by atoms with Crippen LogP contribution < -0.4 is 5.32 Å². The first kappa shape index (κ1) is 15.1. The molecule has 1 aliphatic heterocycles. The predicted molar refractivity (Wildman–Crippen MR) is 84.9 cm³/mol. The fourth-order valence-corrected chi connectivity index (χ4v) is 2.85. The summed E-state index contributed by atoms with van der Waals surface area (Å²) in [6.07, 6.45) is 2.12. The lowest BCUT2D eigenvalue weighted by molar-refractivity contribution is 0.0709. The maximum atomic E-state index is 12.3. The molecule has 1 aromatic carbocycles. The Morgan fingerprint density at radius 2 is 2.32 bits per heavy atom. The number of aromatic amines is 1. The van der Waals surface area contributed by atoms with E-state index in [1.165, 1.54) is 0 Å². The molecular formula is C16H18ClN3O2. The Kier molecular flexibility index (Phi) is 4.45.